The normalized spacial score (nSPS) is 27.3. The Labute approximate surface area is 137 Å². The Morgan fingerprint density at radius 2 is 1.74 bits per heavy atom. The number of piperidine rings is 1. The van der Waals surface area contributed by atoms with Crippen molar-refractivity contribution in [2.45, 2.75) is 69.4 Å². The first-order valence-corrected chi connectivity index (χ1v) is 8.57. The van der Waals surface area contributed by atoms with Gasteiger partial charge >= 0.3 is 5.97 Å². The number of amides is 1. The highest BCUT2D eigenvalue weighted by atomic mass is 16.5. The Morgan fingerprint density at radius 3 is 2.30 bits per heavy atom. The van der Waals surface area contributed by atoms with Gasteiger partial charge in [0.05, 0.1) is 6.61 Å². The predicted molar refractivity (Wildman–Crippen MR) is 83.8 cm³/mol. The number of esters is 1. The van der Waals surface area contributed by atoms with Gasteiger partial charge in [-0.3, -0.25) is 9.59 Å². The molecule has 1 saturated heterocycles. The zero-order valence-electron chi connectivity index (χ0n) is 14.1. The van der Waals surface area contributed by atoms with Crippen LogP contribution in [0.1, 0.15) is 58.3 Å². The number of ether oxygens (including phenoxy) is 2. The number of carbonyl (C=O) groups excluding carboxylic acids is 3. The summed E-state index contributed by atoms with van der Waals surface area (Å²) < 4.78 is 11.3. The lowest BCUT2D eigenvalue weighted by Gasteiger charge is -2.56. The highest BCUT2D eigenvalue weighted by molar-refractivity contribution is 6.24. The lowest BCUT2D eigenvalue weighted by atomic mass is 9.65. The molecule has 1 saturated carbocycles. The minimum absolute atomic E-state index is 0.240. The second-order valence-corrected chi connectivity index (χ2v) is 6.40. The second kappa shape index (κ2) is 7.43. The molecule has 1 atom stereocenters. The summed E-state index contributed by atoms with van der Waals surface area (Å²) in [6.07, 6.45) is 6.75. The SMILES string of the molecule is CCOC(=O)C1(C2(OC)CCCCC2)CCCCN1C(=O)C=O. The fraction of sp³-hybridized carbons (Fsp3) is 0.824. The van der Waals surface area contributed by atoms with Crippen LogP contribution >= 0.6 is 0 Å². The lowest BCUT2D eigenvalue weighted by Crippen LogP contribution is -2.73. The summed E-state index contributed by atoms with van der Waals surface area (Å²) in [7, 11) is 1.60. The van der Waals surface area contributed by atoms with E-state index in [0.717, 1.165) is 32.1 Å². The summed E-state index contributed by atoms with van der Waals surface area (Å²) in [4.78, 5) is 37.9. The van der Waals surface area contributed by atoms with E-state index in [1.165, 1.54) is 4.90 Å². The second-order valence-electron chi connectivity index (χ2n) is 6.40. The van der Waals surface area contributed by atoms with Gasteiger partial charge in [-0.2, -0.15) is 0 Å². The highest BCUT2D eigenvalue weighted by Crippen LogP contribution is 2.48. The van der Waals surface area contributed by atoms with Crippen molar-refractivity contribution in [3.05, 3.63) is 0 Å². The zero-order valence-corrected chi connectivity index (χ0v) is 14.1. The number of hydrogen-bond acceptors (Lipinski definition) is 5. The topological polar surface area (TPSA) is 72.9 Å². The van der Waals surface area contributed by atoms with E-state index in [4.69, 9.17) is 9.47 Å². The molecule has 2 rings (SSSR count). The van der Waals surface area contributed by atoms with Gasteiger partial charge < -0.3 is 14.4 Å². The molecule has 6 nitrogen and oxygen atoms in total. The van der Waals surface area contributed by atoms with Crippen molar-refractivity contribution < 1.29 is 23.9 Å². The molecule has 2 aliphatic rings. The van der Waals surface area contributed by atoms with Crippen molar-refractivity contribution in [2.24, 2.45) is 0 Å². The largest absolute Gasteiger partial charge is 0.464 e. The minimum Gasteiger partial charge on any atom is -0.464 e. The number of rotatable bonds is 5. The summed E-state index contributed by atoms with van der Waals surface area (Å²) in [5.74, 6) is -1.08. The molecule has 1 amide bonds. The van der Waals surface area contributed by atoms with Gasteiger partial charge in [-0.25, -0.2) is 4.79 Å². The van der Waals surface area contributed by atoms with Crippen molar-refractivity contribution in [1.82, 2.24) is 4.90 Å². The van der Waals surface area contributed by atoms with E-state index in [1.807, 2.05) is 0 Å². The predicted octanol–water partition coefficient (Wildman–Crippen LogP) is 1.85. The van der Waals surface area contributed by atoms with Crippen LogP contribution in [0.15, 0.2) is 0 Å². The van der Waals surface area contributed by atoms with Crippen LogP contribution in [0, 0.1) is 0 Å². The number of carbonyl (C=O) groups is 3. The van der Waals surface area contributed by atoms with Crippen LogP contribution in [-0.4, -0.2) is 54.5 Å². The Kier molecular flexibility index (Phi) is 5.79. The molecule has 0 spiro atoms. The standard InChI is InChI=1S/C17H27NO5/c1-3-23-15(21)17(16(22-2)9-5-4-6-10-16)11-7-8-12-18(17)14(20)13-19/h13H,3-12H2,1-2H3. The molecule has 1 unspecified atom stereocenters. The van der Waals surface area contributed by atoms with E-state index in [1.54, 1.807) is 14.0 Å². The summed E-state index contributed by atoms with van der Waals surface area (Å²) in [5.41, 5.74) is -1.95. The van der Waals surface area contributed by atoms with E-state index >= 15 is 0 Å². The Hall–Kier alpha value is -1.43. The van der Waals surface area contributed by atoms with Crippen LogP contribution in [-0.2, 0) is 23.9 Å². The molecule has 1 aliphatic carbocycles. The van der Waals surface area contributed by atoms with Crippen LogP contribution in [0.5, 0.6) is 0 Å². The first kappa shape index (κ1) is 17.9. The molecule has 0 aromatic heterocycles. The number of methoxy groups -OCH3 is 1. The third-order valence-electron chi connectivity index (χ3n) is 5.42. The molecule has 1 heterocycles. The Balaban J connectivity index is 2.55. The monoisotopic (exact) mass is 325 g/mol. The van der Waals surface area contributed by atoms with E-state index in [0.29, 0.717) is 32.1 Å². The maximum Gasteiger partial charge on any atom is 0.335 e. The van der Waals surface area contributed by atoms with Crippen LogP contribution in [0.25, 0.3) is 0 Å². The van der Waals surface area contributed by atoms with Crippen molar-refractivity contribution in [1.29, 1.82) is 0 Å². The third-order valence-corrected chi connectivity index (χ3v) is 5.42. The molecule has 130 valence electrons. The van der Waals surface area contributed by atoms with E-state index in [-0.39, 0.29) is 6.61 Å². The highest BCUT2D eigenvalue weighted by Gasteiger charge is 2.63. The number of likely N-dealkylation sites (tertiary alicyclic amines) is 1. The summed E-state index contributed by atoms with van der Waals surface area (Å²) in [6, 6.07) is 0. The van der Waals surface area contributed by atoms with Gasteiger partial charge in [-0.05, 0) is 39.0 Å². The van der Waals surface area contributed by atoms with Crippen molar-refractivity contribution >= 4 is 18.2 Å². The van der Waals surface area contributed by atoms with Crippen LogP contribution in [0.3, 0.4) is 0 Å². The molecule has 0 bridgehead atoms. The third kappa shape index (κ3) is 2.89. The van der Waals surface area contributed by atoms with E-state index in [9.17, 15) is 14.4 Å². The molecular formula is C17H27NO5. The van der Waals surface area contributed by atoms with Gasteiger partial charge in [0.15, 0.2) is 5.54 Å². The van der Waals surface area contributed by atoms with Crippen molar-refractivity contribution in [3.8, 4) is 0 Å². The fourth-order valence-electron chi connectivity index (χ4n) is 4.37. The number of nitrogens with zero attached hydrogens (tertiary/aromatic N) is 1. The minimum atomic E-state index is -1.19. The Morgan fingerprint density at radius 1 is 1.09 bits per heavy atom. The van der Waals surface area contributed by atoms with E-state index in [2.05, 4.69) is 0 Å². The first-order valence-electron chi connectivity index (χ1n) is 8.57. The molecule has 2 fully saturated rings. The van der Waals surface area contributed by atoms with Crippen LogP contribution in [0.2, 0.25) is 0 Å². The van der Waals surface area contributed by atoms with Gasteiger partial charge in [-0.1, -0.05) is 19.3 Å². The smallest absolute Gasteiger partial charge is 0.335 e. The van der Waals surface area contributed by atoms with Crippen LogP contribution < -0.4 is 0 Å². The summed E-state index contributed by atoms with van der Waals surface area (Å²) in [5, 5.41) is 0. The maximum atomic E-state index is 13.0. The van der Waals surface area contributed by atoms with Gasteiger partial charge in [0.2, 0.25) is 6.29 Å². The molecule has 6 heteroatoms. The summed E-state index contributed by atoms with van der Waals surface area (Å²) in [6.45, 7) is 2.38. The van der Waals surface area contributed by atoms with Gasteiger partial charge in [-0.15, -0.1) is 0 Å². The van der Waals surface area contributed by atoms with Gasteiger partial charge in [0.25, 0.3) is 5.91 Å². The number of aldehydes is 1. The molecule has 0 aromatic carbocycles. The fourth-order valence-corrected chi connectivity index (χ4v) is 4.37. The lowest BCUT2D eigenvalue weighted by molar-refractivity contribution is -0.203. The van der Waals surface area contributed by atoms with Crippen molar-refractivity contribution in [2.75, 3.05) is 20.3 Å². The molecule has 23 heavy (non-hydrogen) atoms. The maximum absolute atomic E-state index is 13.0. The molecule has 0 aromatic rings. The molecule has 0 radical (unpaired) electrons. The Bertz CT molecular complexity index is 458. The molecular weight excluding hydrogens is 298 g/mol. The van der Waals surface area contributed by atoms with Gasteiger partial charge in [0.1, 0.15) is 5.60 Å². The van der Waals surface area contributed by atoms with Crippen molar-refractivity contribution in [3.63, 3.8) is 0 Å². The van der Waals surface area contributed by atoms with E-state index < -0.39 is 23.0 Å². The average molecular weight is 325 g/mol. The molecule has 1 aliphatic heterocycles. The summed E-state index contributed by atoms with van der Waals surface area (Å²) >= 11 is 0. The first-order chi connectivity index (χ1) is 11.1. The zero-order chi connectivity index (χ0) is 16.9. The average Bonchev–Trinajstić information content (AvgIpc) is 2.61. The van der Waals surface area contributed by atoms with Crippen LogP contribution in [0.4, 0.5) is 0 Å². The number of hydrogen-bond donors (Lipinski definition) is 0. The quantitative estimate of drug-likeness (QED) is 0.438. The van der Waals surface area contributed by atoms with Gasteiger partial charge in [0, 0.05) is 13.7 Å². The molecule has 0 N–H and O–H groups in total.